The molecule has 1 aromatic rings. The lowest BCUT2D eigenvalue weighted by Crippen LogP contribution is -2.37. The summed E-state index contributed by atoms with van der Waals surface area (Å²) in [5.74, 6) is 0.132. The third kappa shape index (κ3) is 2.91. The first-order valence-corrected chi connectivity index (χ1v) is 8.58. The van der Waals surface area contributed by atoms with E-state index in [1.54, 1.807) is 0 Å². The summed E-state index contributed by atoms with van der Waals surface area (Å²) in [6, 6.07) is 6.56. The third-order valence-electron chi connectivity index (χ3n) is 5.59. The van der Waals surface area contributed by atoms with Crippen molar-refractivity contribution in [2.75, 3.05) is 6.54 Å². The Morgan fingerprint density at radius 1 is 1.27 bits per heavy atom. The zero-order valence-corrected chi connectivity index (χ0v) is 13.8. The number of rotatable bonds is 3. The lowest BCUT2D eigenvalue weighted by atomic mass is 9.94. The molecule has 0 aromatic heterocycles. The molecule has 1 aromatic carbocycles. The van der Waals surface area contributed by atoms with Gasteiger partial charge in [0.2, 0.25) is 5.91 Å². The summed E-state index contributed by atoms with van der Waals surface area (Å²) in [5.41, 5.74) is 3.12. The summed E-state index contributed by atoms with van der Waals surface area (Å²) in [7, 11) is 0. The van der Waals surface area contributed by atoms with Gasteiger partial charge >= 0.3 is 0 Å². The molecule has 0 radical (unpaired) electrons. The number of hydrogen-bond acceptors (Lipinski definition) is 2. The van der Waals surface area contributed by atoms with Crippen LogP contribution in [0.3, 0.4) is 0 Å². The van der Waals surface area contributed by atoms with Crippen molar-refractivity contribution in [2.45, 2.75) is 70.4 Å². The number of carbonyl (C=O) groups is 1. The number of amides is 1. The Morgan fingerprint density at radius 2 is 2.00 bits per heavy atom. The van der Waals surface area contributed by atoms with Gasteiger partial charge in [0.05, 0.1) is 18.1 Å². The summed E-state index contributed by atoms with van der Waals surface area (Å²) < 4.78 is 0. The summed E-state index contributed by atoms with van der Waals surface area (Å²) in [4.78, 5) is 14.8. The van der Waals surface area contributed by atoms with Crippen molar-refractivity contribution < 1.29 is 9.90 Å². The highest BCUT2D eigenvalue weighted by Crippen LogP contribution is 2.38. The molecule has 2 fully saturated rings. The van der Waals surface area contributed by atoms with Crippen LogP contribution in [0.2, 0.25) is 0 Å². The number of aryl methyl sites for hydroxylation is 1. The van der Waals surface area contributed by atoms with Crippen LogP contribution in [0.4, 0.5) is 0 Å². The molecule has 1 amide bonds. The zero-order chi connectivity index (χ0) is 15.7. The lowest BCUT2D eigenvalue weighted by Gasteiger charge is -2.30. The topological polar surface area (TPSA) is 40.5 Å². The molecule has 22 heavy (non-hydrogen) atoms. The fourth-order valence-electron chi connectivity index (χ4n) is 4.12. The van der Waals surface area contributed by atoms with Crippen molar-refractivity contribution in [2.24, 2.45) is 0 Å². The van der Waals surface area contributed by atoms with Gasteiger partial charge in [-0.3, -0.25) is 4.79 Å². The van der Waals surface area contributed by atoms with E-state index in [0.717, 1.165) is 45.1 Å². The van der Waals surface area contributed by atoms with Crippen LogP contribution in [0, 0.1) is 13.8 Å². The van der Waals surface area contributed by atoms with Gasteiger partial charge in [-0.15, -0.1) is 0 Å². The molecule has 1 N–H and O–H groups in total. The molecule has 0 bridgehead atoms. The highest BCUT2D eigenvalue weighted by atomic mass is 16.3. The van der Waals surface area contributed by atoms with E-state index in [9.17, 15) is 9.90 Å². The molecule has 2 aliphatic rings. The van der Waals surface area contributed by atoms with Gasteiger partial charge in [0.15, 0.2) is 0 Å². The molecular weight excluding hydrogens is 274 g/mol. The van der Waals surface area contributed by atoms with E-state index < -0.39 is 5.60 Å². The minimum atomic E-state index is -0.744. The van der Waals surface area contributed by atoms with Gasteiger partial charge in [0, 0.05) is 6.54 Å². The van der Waals surface area contributed by atoms with Gasteiger partial charge in [0.25, 0.3) is 0 Å². The van der Waals surface area contributed by atoms with Crippen molar-refractivity contribution in [3.63, 3.8) is 0 Å². The van der Waals surface area contributed by atoms with E-state index in [4.69, 9.17) is 0 Å². The molecule has 1 aliphatic heterocycles. The summed E-state index contributed by atoms with van der Waals surface area (Å²) >= 11 is 0. The molecular formula is C19H27NO2. The number of likely N-dealkylation sites (tertiary alicyclic amines) is 1. The second-order valence-corrected chi connectivity index (χ2v) is 7.14. The zero-order valence-electron chi connectivity index (χ0n) is 13.8. The molecule has 0 spiro atoms. The minimum absolute atomic E-state index is 0.132. The average Bonchev–Trinajstić information content (AvgIpc) is 3.11. The second kappa shape index (κ2) is 6.04. The molecule has 1 heterocycles. The van der Waals surface area contributed by atoms with Crippen molar-refractivity contribution in [3.05, 3.63) is 34.9 Å². The number of nitrogens with zero attached hydrogens (tertiary/aromatic N) is 1. The van der Waals surface area contributed by atoms with Crippen LogP contribution in [0.15, 0.2) is 18.2 Å². The van der Waals surface area contributed by atoms with Crippen molar-refractivity contribution >= 4 is 5.91 Å². The normalized spacial score (nSPS) is 24.0. The molecule has 1 saturated heterocycles. The van der Waals surface area contributed by atoms with E-state index >= 15 is 0 Å². The van der Waals surface area contributed by atoms with Gasteiger partial charge in [-0.1, -0.05) is 31.0 Å². The molecule has 120 valence electrons. The Bertz CT molecular complexity index is 561. The average molecular weight is 301 g/mol. The maximum absolute atomic E-state index is 12.8. The minimum Gasteiger partial charge on any atom is -0.389 e. The van der Waals surface area contributed by atoms with E-state index in [1.807, 2.05) is 4.90 Å². The fourth-order valence-corrected chi connectivity index (χ4v) is 4.12. The quantitative estimate of drug-likeness (QED) is 0.925. The van der Waals surface area contributed by atoms with Crippen molar-refractivity contribution in [1.82, 2.24) is 4.90 Å². The molecule has 1 aliphatic carbocycles. The SMILES string of the molecule is Cc1cccc(C2CCCN2C(=O)CC2(O)CCCC2)c1C. The number of carbonyl (C=O) groups excluding carboxylic acids is 1. The smallest absolute Gasteiger partial charge is 0.225 e. The van der Waals surface area contributed by atoms with Gasteiger partial charge in [-0.05, 0) is 56.2 Å². The van der Waals surface area contributed by atoms with Gasteiger partial charge < -0.3 is 10.0 Å². The van der Waals surface area contributed by atoms with E-state index in [-0.39, 0.29) is 11.9 Å². The predicted octanol–water partition coefficient (Wildman–Crippen LogP) is 3.66. The van der Waals surface area contributed by atoms with Crippen molar-refractivity contribution in [3.8, 4) is 0 Å². The lowest BCUT2D eigenvalue weighted by molar-refractivity contribution is -0.137. The highest BCUT2D eigenvalue weighted by molar-refractivity contribution is 5.78. The van der Waals surface area contributed by atoms with Gasteiger partial charge in [-0.2, -0.15) is 0 Å². The van der Waals surface area contributed by atoms with E-state index in [2.05, 4.69) is 32.0 Å². The first-order chi connectivity index (χ1) is 10.5. The molecule has 1 atom stereocenters. The Balaban J connectivity index is 1.78. The van der Waals surface area contributed by atoms with E-state index in [0.29, 0.717) is 6.42 Å². The highest BCUT2D eigenvalue weighted by Gasteiger charge is 2.38. The molecule has 3 nitrogen and oxygen atoms in total. The Morgan fingerprint density at radius 3 is 2.73 bits per heavy atom. The first kappa shape index (κ1) is 15.5. The summed E-state index contributed by atoms with van der Waals surface area (Å²) in [6.07, 6.45) is 6.04. The molecule has 1 unspecified atom stereocenters. The monoisotopic (exact) mass is 301 g/mol. The van der Waals surface area contributed by atoms with Crippen LogP contribution < -0.4 is 0 Å². The molecule has 3 rings (SSSR count). The van der Waals surface area contributed by atoms with Crippen LogP contribution in [0.5, 0.6) is 0 Å². The van der Waals surface area contributed by atoms with Gasteiger partial charge in [0.1, 0.15) is 0 Å². The Labute approximate surface area is 133 Å². The van der Waals surface area contributed by atoms with Gasteiger partial charge in [-0.25, -0.2) is 0 Å². The molecule has 1 saturated carbocycles. The third-order valence-corrected chi connectivity index (χ3v) is 5.59. The fraction of sp³-hybridized carbons (Fsp3) is 0.632. The summed E-state index contributed by atoms with van der Waals surface area (Å²) in [6.45, 7) is 5.10. The largest absolute Gasteiger partial charge is 0.389 e. The van der Waals surface area contributed by atoms with Crippen LogP contribution in [-0.4, -0.2) is 28.1 Å². The molecule has 3 heteroatoms. The Hall–Kier alpha value is -1.35. The second-order valence-electron chi connectivity index (χ2n) is 7.14. The standard InChI is InChI=1S/C19H27NO2/c1-14-7-5-8-16(15(14)2)17-9-6-12-20(17)18(21)13-19(22)10-3-4-11-19/h5,7-8,17,22H,3-4,6,9-13H2,1-2H3. The van der Waals surface area contributed by atoms with Crippen LogP contribution in [-0.2, 0) is 4.79 Å². The predicted molar refractivity (Wildman–Crippen MR) is 87.6 cm³/mol. The maximum atomic E-state index is 12.8. The number of benzene rings is 1. The van der Waals surface area contributed by atoms with Crippen LogP contribution in [0.1, 0.15) is 67.7 Å². The van der Waals surface area contributed by atoms with Crippen LogP contribution >= 0.6 is 0 Å². The number of aliphatic hydroxyl groups is 1. The summed E-state index contributed by atoms with van der Waals surface area (Å²) in [5, 5.41) is 10.5. The van der Waals surface area contributed by atoms with E-state index in [1.165, 1.54) is 16.7 Å². The maximum Gasteiger partial charge on any atom is 0.225 e. The van der Waals surface area contributed by atoms with Crippen LogP contribution in [0.25, 0.3) is 0 Å². The van der Waals surface area contributed by atoms with Crippen molar-refractivity contribution in [1.29, 1.82) is 0 Å². The number of hydrogen-bond donors (Lipinski definition) is 1. The Kier molecular flexibility index (Phi) is 4.26. The first-order valence-electron chi connectivity index (χ1n) is 8.58.